The predicted octanol–water partition coefficient (Wildman–Crippen LogP) is 5.51. The van der Waals surface area contributed by atoms with Gasteiger partial charge in [0.25, 0.3) is 0 Å². The van der Waals surface area contributed by atoms with Crippen LogP contribution in [-0.2, 0) is 0 Å². The molecule has 0 radical (unpaired) electrons. The van der Waals surface area contributed by atoms with Gasteiger partial charge in [-0.05, 0) is 49.0 Å². The van der Waals surface area contributed by atoms with E-state index in [1.54, 1.807) is 6.07 Å². The third-order valence-corrected chi connectivity index (χ3v) is 4.30. The van der Waals surface area contributed by atoms with Gasteiger partial charge in [-0.2, -0.15) is 5.26 Å². The lowest BCUT2D eigenvalue weighted by molar-refractivity contribution is 0.603. The van der Waals surface area contributed by atoms with E-state index in [0.717, 1.165) is 36.0 Å². The van der Waals surface area contributed by atoms with E-state index in [0.29, 0.717) is 5.56 Å². The SMILES string of the molecule is Cc1ccc(-c2ccc(C3=CCC(C#N)CC3)cc2F)cc1. The van der Waals surface area contributed by atoms with E-state index in [1.165, 1.54) is 5.56 Å². The van der Waals surface area contributed by atoms with Crippen LogP contribution in [0.25, 0.3) is 16.7 Å². The van der Waals surface area contributed by atoms with Crippen LogP contribution in [0.2, 0.25) is 0 Å². The van der Waals surface area contributed by atoms with Crippen molar-refractivity contribution in [2.75, 3.05) is 0 Å². The monoisotopic (exact) mass is 291 g/mol. The molecule has 0 bridgehead atoms. The molecule has 0 amide bonds. The van der Waals surface area contributed by atoms with Gasteiger partial charge in [0, 0.05) is 5.56 Å². The van der Waals surface area contributed by atoms with Gasteiger partial charge >= 0.3 is 0 Å². The van der Waals surface area contributed by atoms with E-state index in [1.807, 2.05) is 43.3 Å². The molecule has 22 heavy (non-hydrogen) atoms. The van der Waals surface area contributed by atoms with Crippen molar-refractivity contribution >= 4 is 5.57 Å². The van der Waals surface area contributed by atoms with Crippen LogP contribution in [0.3, 0.4) is 0 Å². The Labute approximate surface area is 130 Å². The van der Waals surface area contributed by atoms with Gasteiger partial charge in [0.1, 0.15) is 5.82 Å². The van der Waals surface area contributed by atoms with Crippen LogP contribution in [-0.4, -0.2) is 0 Å². The number of benzene rings is 2. The van der Waals surface area contributed by atoms with Crippen LogP contribution >= 0.6 is 0 Å². The zero-order chi connectivity index (χ0) is 15.5. The number of aryl methyl sites for hydroxylation is 1. The Bertz CT molecular complexity index is 750. The Kier molecular flexibility index (Phi) is 4.06. The first kappa shape index (κ1) is 14.5. The van der Waals surface area contributed by atoms with Crippen LogP contribution in [0, 0.1) is 30.0 Å². The Morgan fingerprint density at radius 2 is 1.82 bits per heavy atom. The molecule has 0 aliphatic heterocycles. The predicted molar refractivity (Wildman–Crippen MR) is 87.5 cm³/mol. The van der Waals surface area contributed by atoms with Crippen molar-refractivity contribution in [3.8, 4) is 17.2 Å². The molecule has 2 aromatic carbocycles. The zero-order valence-electron chi connectivity index (χ0n) is 12.6. The second-order valence-electron chi connectivity index (χ2n) is 5.89. The largest absolute Gasteiger partial charge is 0.206 e. The first-order chi connectivity index (χ1) is 10.7. The topological polar surface area (TPSA) is 23.8 Å². The van der Waals surface area contributed by atoms with Gasteiger partial charge in [0.05, 0.1) is 12.0 Å². The fourth-order valence-electron chi connectivity index (χ4n) is 2.90. The molecule has 1 aliphatic rings. The first-order valence-electron chi connectivity index (χ1n) is 7.63. The molecule has 1 aliphatic carbocycles. The summed E-state index contributed by atoms with van der Waals surface area (Å²) in [4.78, 5) is 0. The van der Waals surface area contributed by atoms with Crippen LogP contribution in [0.15, 0.2) is 48.5 Å². The summed E-state index contributed by atoms with van der Waals surface area (Å²) >= 11 is 0. The first-order valence-corrected chi connectivity index (χ1v) is 7.63. The highest BCUT2D eigenvalue weighted by atomic mass is 19.1. The summed E-state index contributed by atoms with van der Waals surface area (Å²) in [5, 5.41) is 8.93. The maximum atomic E-state index is 14.5. The molecule has 0 heterocycles. The fraction of sp³-hybridized carbons (Fsp3) is 0.250. The summed E-state index contributed by atoms with van der Waals surface area (Å²) in [6.07, 6.45) is 4.57. The summed E-state index contributed by atoms with van der Waals surface area (Å²) in [6, 6.07) is 15.6. The van der Waals surface area contributed by atoms with Gasteiger partial charge in [-0.25, -0.2) is 4.39 Å². The van der Waals surface area contributed by atoms with Crippen molar-refractivity contribution in [2.45, 2.75) is 26.2 Å². The van der Waals surface area contributed by atoms with Crippen LogP contribution < -0.4 is 0 Å². The molecule has 0 N–H and O–H groups in total. The lowest BCUT2D eigenvalue weighted by atomic mass is 9.87. The van der Waals surface area contributed by atoms with Crippen molar-refractivity contribution in [1.29, 1.82) is 5.26 Å². The molecular formula is C20H18FN. The molecular weight excluding hydrogens is 273 g/mol. The number of nitrogens with zero attached hydrogens (tertiary/aromatic N) is 1. The minimum atomic E-state index is -0.190. The quantitative estimate of drug-likeness (QED) is 0.716. The molecule has 1 atom stereocenters. The molecule has 1 nitrogen and oxygen atoms in total. The summed E-state index contributed by atoms with van der Waals surface area (Å²) < 4.78 is 14.5. The van der Waals surface area contributed by atoms with Gasteiger partial charge in [0.2, 0.25) is 0 Å². The molecule has 2 aromatic rings. The maximum absolute atomic E-state index is 14.5. The van der Waals surface area contributed by atoms with Gasteiger partial charge in [0.15, 0.2) is 0 Å². The van der Waals surface area contributed by atoms with E-state index >= 15 is 0 Å². The van der Waals surface area contributed by atoms with E-state index in [-0.39, 0.29) is 11.7 Å². The number of allylic oxidation sites excluding steroid dienone is 2. The molecule has 3 rings (SSSR count). The minimum absolute atomic E-state index is 0.112. The van der Waals surface area contributed by atoms with Crippen molar-refractivity contribution in [2.24, 2.45) is 5.92 Å². The Morgan fingerprint density at radius 3 is 2.41 bits per heavy atom. The molecule has 0 fully saturated rings. The summed E-state index contributed by atoms with van der Waals surface area (Å²) in [7, 11) is 0. The molecule has 1 unspecified atom stereocenters. The number of rotatable bonds is 2. The Balaban J connectivity index is 1.88. The standard InChI is InChI=1S/C20H18FN/c1-14-2-6-17(7-3-14)19-11-10-18(12-20(19)21)16-8-4-15(13-22)5-9-16/h2-3,6-8,10-12,15H,4-5,9H2,1H3. The van der Waals surface area contributed by atoms with Crippen molar-refractivity contribution in [1.82, 2.24) is 0 Å². The normalized spacial score (nSPS) is 17.7. The molecule has 0 saturated heterocycles. The molecule has 0 aromatic heterocycles. The van der Waals surface area contributed by atoms with E-state index in [9.17, 15) is 4.39 Å². The summed E-state index contributed by atoms with van der Waals surface area (Å²) in [5.41, 5.74) is 4.79. The van der Waals surface area contributed by atoms with Crippen LogP contribution in [0.1, 0.15) is 30.4 Å². The Hall–Kier alpha value is -2.40. The fourth-order valence-corrected chi connectivity index (χ4v) is 2.90. The molecule has 110 valence electrons. The van der Waals surface area contributed by atoms with Crippen molar-refractivity contribution in [3.05, 3.63) is 65.5 Å². The zero-order valence-corrected chi connectivity index (χ0v) is 12.6. The lowest BCUT2D eigenvalue weighted by Gasteiger charge is -2.17. The minimum Gasteiger partial charge on any atom is -0.206 e. The van der Waals surface area contributed by atoms with E-state index in [4.69, 9.17) is 5.26 Å². The highest BCUT2D eigenvalue weighted by molar-refractivity contribution is 5.71. The number of nitriles is 1. The summed E-state index contributed by atoms with van der Waals surface area (Å²) in [5.74, 6) is -0.0786. The highest BCUT2D eigenvalue weighted by Gasteiger charge is 2.16. The van der Waals surface area contributed by atoms with E-state index < -0.39 is 0 Å². The van der Waals surface area contributed by atoms with Crippen molar-refractivity contribution in [3.63, 3.8) is 0 Å². The van der Waals surface area contributed by atoms with Gasteiger partial charge in [-0.3, -0.25) is 0 Å². The number of hydrogen-bond donors (Lipinski definition) is 0. The number of halogens is 1. The van der Waals surface area contributed by atoms with Crippen LogP contribution in [0.5, 0.6) is 0 Å². The van der Waals surface area contributed by atoms with Crippen molar-refractivity contribution < 1.29 is 4.39 Å². The average molecular weight is 291 g/mol. The molecule has 0 saturated carbocycles. The smallest absolute Gasteiger partial charge is 0.131 e. The van der Waals surface area contributed by atoms with E-state index in [2.05, 4.69) is 12.1 Å². The van der Waals surface area contributed by atoms with Gasteiger partial charge in [-0.1, -0.05) is 48.0 Å². The molecule has 2 heteroatoms. The third kappa shape index (κ3) is 2.94. The van der Waals surface area contributed by atoms with Gasteiger partial charge in [-0.15, -0.1) is 0 Å². The molecule has 0 spiro atoms. The van der Waals surface area contributed by atoms with Crippen LogP contribution in [0.4, 0.5) is 4.39 Å². The highest BCUT2D eigenvalue weighted by Crippen LogP contribution is 2.32. The van der Waals surface area contributed by atoms with Gasteiger partial charge < -0.3 is 0 Å². The lowest BCUT2D eigenvalue weighted by Crippen LogP contribution is -2.03. The average Bonchev–Trinajstić information content (AvgIpc) is 2.56. The Morgan fingerprint density at radius 1 is 1.09 bits per heavy atom. The third-order valence-electron chi connectivity index (χ3n) is 4.30. The second kappa shape index (κ2) is 6.15. The second-order valence-corrected chi connectivity index (χ2v) is 5.89. The number of hydrogen-bond acceptors (Lipinski definition) is 1. The summed E-state index contributed by atoms with van der Waals surface area (Å²) in [6.45, 7) is 2.02. The maximum Gasteiger partial charge on any atom is 0.131 e.